The SMILES string of the molecule is O=C[N+](Br)(CCCl)CCCl. The third-order valence-corrected chi connectivity index (χ3v) is 2.32. The molecule has 0 rings (SSSR count). The molecule has 0 N–H and O–H groups in total. The molecule has 0 aliphatic carbocycles. The maximum absolute atomic E-state index is 10.4. The van der Waals surface area contributed by atoms with Crippen molar-refractivity contribution in [3.05, 3.63) is 0 Å². The van der Waals surface area contributed by atoms with Gasteiger partial charge in [0.1, 0.15) is 13.1 Å². The molecular weight excluding hydrogens is 241 g/mol. The number of carbonyl (C=O) groups excluding carboxylic acids is 1. The van der Waals surface area contributed by atoms with Gasteiger partial charge in [-0.1, -0.05) is 0 Å². The molecule has 0 atom stereocenters. The highest BCUT2D eigenvalue weighted by atomic mass is 79.9. The standard InChI is InChI=1S/C5H9BrCl2NO/c6-9(5-10,3-1-7)4-2-8/h5H,1-4H2/q+1. The van der Waals surface area contributed by atoms with Crippen molar-refractivity contribution in [2.24, 2.45) is 0 Å². The number of quaternary nitrogens is 1. The fourth-order valence-corrected chi connectivity index (χ4v) is 1.86. The average Bonchev–Trinajstić information content (AvgIpc) is 1.89. The highest BCUT2D eigenvalue weighted by Crippen LogP contribution is 2.11. The quantitative estimate of drug-likeness (QED) is 0.412. The average molecular weight is 250 g/mol. The molecule has 0 saturated carbocycles. The van der Waals surface area contributed by atoms with Crippen LogP contribution in [0.4, 0.5) is 0 Å². The van der Waals surface area contributed by atoms with Gasteiger partial charge in [-0.15, -0.1) is 23.2 Å². The number of amides is 1. The van der Waals surface area contributed by atoms with Crippen molar-refractivity contribution >= 4 is 45.8 Å². The Morgan fingerprint density at radius 2 is 1.70 bits per heavy atom. The third kappa shape index (κ3) is 3.76. The van der Waals surface area contributed by atoms with Crippen LogP contribution in [0.25, 0.3) is 0 Å². The number of alkyl halides is 2. The molecule has 0 fully saturated rings. The first-order valence-electron chi connectivity index (χ1n) is 2.83. The van der Waals surface area contributed by atoms with Gasteiger partial charge in [0.05, 0.1) is 11.8 Å². The second kappa shape index (κ2) is 5.35. The van der Waals surface area contributed by atoms with E-state index in [0.717, 1.165) is 6.41 Å². The lowest BCUT2D eigenvalue weighted by Crippen LogP contribution is -2.39. The first-order valence-corrected chi connectivity index (χ1v) is 4.61. The fraction of sp³-hybridized carbons (Fsp3) is 0.800. The van der Waals surface area contributed by atoms with E-state index < -0.39 is 0 Å². The molecule has 0 aromatic heterocycles. The Morgan fingerprint density at radius 1 is 1.30 bits per heavy atom. The van der Waals surface area contributed by atoms with Crippen molar-refractivity contribution in [3.63, 3.8) is 0 Å². The van der Waals surface area contributed by atoms with Gasteiger partial charge < -0.3 is 0 Å². The monoisotopic (exact) mass is 248 g/mol. The molecule has 1 amide bonds. The van der Waals surface area contributed by atoms with Gasteiger partial charge in [0.15, 0.2) is 0 Å². The van der Waals surface area contributed by atoms with E-state index in [0.29, 0.717) is 24.8 Å². The van der Waals surface area contributed by atoms with E-state index in [1.165, 1.54) is 0 Å². The van der Waals surface area contributed by atoms with Gasteiger partial charge in [0.25, 0.3) is 0 Å². The van der Waals surface area contributed by atoms with Crippen LogP contribution in [0, 0.1) is 0 Å². The van der Waals surface area contributed by atoms with Crippen LogP contribution in [0.5, 0.6) is 0 Å². The smallest absolute Gasteiger partial charge is 0.233 e. The molecule has 10 heavy (non-hydrogen) atoms. The summed E-state index contributed by atoms with van der Waals surface area (Å²) in [6.45, 7) is 1.13. The van der Waals surface area contributed by atoms with E-state index in [2.05, 4.69) is 16.1 Å². The van der Waals surface area contributed by atoms with E-state index in [1.807, 2.05) is 0 Å². The first-order chi connectivity index (χ1) is 4.68. The predicted octanol–water partition coefficient (Wildman–Crippen LogP) is 1.75. The summed E-state index contributed by atoms with van der Waals surface area (Å²) in [5.41, 5.74) is 0. The molecular formula is C5H9BrCl2NO+. The Morgan fingerprint density at radius 3 is 1.90 bits per heavy atom. The maximum atomic E-state index is 10.4. The molecule has 0 bridgehead atoms. The van der Waals surface area contributed by atoms with Gasteiger partial charge in [-0.05, 0) is 0 Å². The van der Waals surface area contributed by atoms with Gasteiger partial charge in [-0.3, -0.25) is 0 Å². The molecule has 0 aromatic carbocycles. The zero-order valence-corrected chi connectivity index (χ0v) is 8.49. The van der Waals surface area contributed by atoms with E-state index in [4.69, 9.17) is 23.2 Å². The van der Waals surface area contributed by atoms with Crippen molar-refractivity contribution < 1.29 is 8.30 Å². The molecule has 0 unspecified atom stereocenters. The fourth-order valence-electron chi connectivity index (χ4n) is 0.498. The van der Waals surface area contributed by atoms with Gasteiger partial charge in [-0.2, -0.15) is 3.51 Å². The number of carbonyl (C=O) groups is 1. The van der Waals surface area contributed by atoms with Crippen LogP contribution in [0.2, 0.25) is 0 Å². The summed E-state index contributed by atoms with van der Waals surface area (Å²) in [5.74, 6) is 0.891. The minimum absolute atomic E-state index is 0.125. The van der Waals surface area contributed by atoms with Gasteiger partial charge in [-0.25, -0.2) is 4.79 Å². The minimum Gasteiger partial charge on any atom is -0.233 e. The topological polar surface area (TPSA) is 17.1 Å². The van der Waals surface area contributed by atoms with E-state index >= 15 is 0 Å². The second-order valence-corrected chi connectivity index (χ2v) is 4.02. The van der Waals surface area contributed by atoms with Gasteiger partial charge in [0, 0.05) is 0 Å². The zero-order chi connectivity index (χ0) is 8.04. The normalized spacial score (nSPS) is 11.5. The van der Waals surface area contributed by atoms with Crippen LogP contribution in [-0.4, -0.2) is 34.8 Å². The highest BCUT2D eigenvalue weighted by molar-refractivity contribution is 9.05. The van der Waals surface area contributed by atoms with Crippen LogP contribution >= 0.6 is 39.3 Å². The summed E-state index contributed by atoms with van der Waals surface area (Å²) >= 11 is 14.1. The summed E-state index contributed by atoms with van der Waals surface area (Å²) in [7, 11) is 0. The number of hydrogen-bond acceptors (Lipinski definition) is 1. The van der Waals surface area contributed by atoms with Crippen LogP contribution in [-0.2, 0) is 4.79 Å². The molecule has 0 saturated heterocycles. The highest BCUT2D eigenvalue weighted by Gasteiger charge is 2.22. The lowest BCUT2D eigenvalue weighted by atomic mass is 10.6. The largest absolute Gasteiger partial charge is 0.311 e. The number of nitrogens with zero attached hydrogens (tertiary/aromatic N) is 1. The van der Waals surface area contributed by atoms with Crippen molar-refractivity contribution in [1.29, 1.82) is 0 Å². The van der Waals surface area contributed by atoms with Gasteiger partial charge in [0.2, 0.25) is 16.1 Å². The van der Waals surface area contributed by atoms with Crippen molar-refractivity contribution in [3.8, 4) is 0 Å². The summed E-state index contributed by atoms with van der Waals surface area (Å²) in [6, 6.07) is 0. The van der Waals surface area contributed by atoms with Crippen molar-refractivity contribution in [2.45, 2.75) is 0 Å². The summed E-state index contributed by atoms with van der Waals surface area (Å²) < 4.78 is 0.125. The Balaban J connectivity index is 3.81. The van der Waals surface area contributed by atoms with E-state index in [1.54, 1.807) is 0 Å². The van der Waals surface area contributed by atoms with Crippen LogP contribution in [0.1, 0.15) is 0 Å². The Labute approximate surface area is 79.0 Å². The number of rotatable bonds is 5. The Bertz CT molecular complexity index is 106. The molecule has 0 radical (unpaired) electrons. The van der Waals surface area contributed by atoms with E-state index in [-0.39, 0.29) is 3.51 Å². The predicted molar refractivity (Wildman–Crippen MR) is 46.4 cm³/mol. The van der Waals surface area contributed by atoms with Crippen LogP contribution in [0.15, 0.2) is 0 Å². The molecule has 0 aliphatic rings. The minimum atomic E-state index is 0.125. The second-order valence-electron chi connectivity index (χ2n) is 1.86. The number of hydrogen-bond donors (Lipinski definition) is 0. The lowest BCUT2D eigenvalue weighted by Gasteiger charge is -2.19. The van der Waals surface area contributed by atoms with E-state index in [9.17, 15) is 4.79 Å². The first kappa shape index (κ1) is 10.7. The molecule has 0 aromatic rings. The van der Waals surface area contributed by atoms with Crippen LogP contribution in [0.3, 0.4) is 0 Å². The number of halogens is 3. The van der Waals surface area contributed by atoms with Crippen molar-refractivity contribution in [1.82, 2.24) is 0 Å². The summed E-state index contributed by atoms with van der Waals surface area (Å²) in [5, 5.41) is 0. The van der Waals surface area contributed by atoms with Crippen molar-refractivity contribution in [2.75, 3.05) is 24.8 Å². The molecule has 2 nitrogen and oxygen atoms in total. The van der Waals surface area contributed by atoms with Crippen LogP contribution < -0.4 is 0 Å². The Kier molecular flexibility index (Phi) is 5.72. The summed E-state index contributed by atoms with van der Waals surface area (Å²) in [4.78, 5) is 10.4. The molecule has 5 heteroatoms. The van der Waals surface area contributed by atoms with Gasteiger partial charge >= 0.3 is 6.41 Å². The molecule has 60 valence electrons. The Hall–Kier alpha value is 0.690. The maximum Gasteiger partial charge on any atom is 0.311 e. The zero-order valence-electron chi connectivity index (χ0n) is 5.40. The third-order valence-electron chi connectivity index (χ3n) is 1.10. The summed E-state index contributed by atoms with van der Waals surface area (Å²) in [6.07, 6.45) is 0.796. The molecule has 0 heterocycles. The molecule has 0 spiro atoms. The lowest BCUT2D eigenvalue weighted by molar-refractivity contribution is -0.683. The molecule has 0 aliphatic heterocycles.